The molecule has 0 saturated heterocycles. The molecule has 0 amide bonds. The summed E-state index contributed by atoms with van der Waals surface area (Å²) in [4.78, 5) is 13.0. The molecule has 1 aromatic carbocycles. The number of anilines is 1. The van der Waals surface area contributed by atoms with Crippen molar-refractivity contribution in [2.75, 3.05) is 5.32 Å². The molecule has 0 bridgehead atoms. The van der Waals surface area contributed by atoms with Gasteiger partial charge in [-0.05, 0) is 36.5 Å². The standard InChI is InChI=1S/C19H18Cl2N2O2/c1-9-15-16(10-4-5-11(20)12(21)6-10)17-13(22-18(15)25-23-9)7-19(2,3)8-14(17)24/h4-6,16,22H,7-8H2,1-3H3. The second kappa shape index (κ2) is 5.61. The smallest absolute Gasteiger partial charge is 0.233 e. The molecule has 2 heterocycles. The molecule has 4 rings (SSSR count). The van der Waals surface area contributed by atoms with Gasteiger partial charge in [-0.25, -0.2) is 0 Å². The van der Waals surface area contributed by atoms with Gasteiger partial charge in [0.1, 0.15) is 0 Å². The van der Waals surface area contributed by atoms with E-state index in [1.165, 1.54) is 0 Å². The highest BCUT2D eigenvalue weighted by molar-refractivity contribution is 6.42. The summed E-state index contributed by atoms with van der Waals surface area (Å²) in [7, 11) is 0. The van der Waals surface area contributed by atoms with E-state index in [0.717, 1.165) is 34.5 Å². The van der Waals surface area contributed by atoms with Gasteiger partial charge in [-0.3, -0.25) is 4.79 Å². The van der Waals surface area contributed by atoms with Crippen LogP contribution < -0.4 is 5.32 Å². The monoisotopic (exact) mass is 376 g/mol. The first-order valence-corrected chi connectivity index (χ1v) is 8.97. The number of benzene rings is 1. The molecule has 0 radical (unpaired) electrons. The van der Waals surface area contributed by atoms with Gasteiger partial charge in [0, 0.05) is 23.6 Å². The molecule has 25 heavy (non-hydrogen) atoms. The van der Waals surface area contributed by atoms with Crippen LogP contribution in [0.3, 0.4) is 0 Å². The number of hydrogen-bond acceptors (Lipinski definition) is 4. The van der Waals surface area contributed by atoms with Crippen LogP contribution in [-0.4, -0.2) is 10.9 Å². The summed E-state index contributed by atoms with van der Waals surface area (Å²) in [6.07, 6.45) is 1.30. The average Bonchev–Trinajstić information content (AvgIpc) is 2.88. The van der Waals surface area contributed by atoms with E-state index in [4.69, 9.17) is 27.7 Å². The van der Waals surface area contributed by atoms with Gasteiger partial charge < -0.3 is 9.84 Å². The second-order valence-corrected chi connectivity index (χ2v) is 8.39. The number of ketones is 1. The first-order chi connectivity index (χ1) is 11.8. The van der Waals surface area contributed by atoms with Crippen LogP contribution in [0.2, 0.25) is 10.0 Å². The molecule has 4 nitrogen and oxygen atoms in total. The SMILES string of the molecule is Cc1noc2c1C(c1ccc(Cl)c(Cl)c1)C1=C(CC(C)(C)CC1=O)N2. The lowest BCUT2D eigenvalue weighted by atomic mass is 9.69. The van der Waals surface area contributed by atoms with Crippen molar-refractivity contribution in [3.8, 4) is 0 Å². The van der Waals surface area contributed by atoms with E-state index in [1.54, 1.807) is 6.07 Å². The van der Waals surface area contributed by atoms with Crippen molar-refractivity contribution in [2.24, 2.45) is 5.41 Å². The van der Waals surface area contributed by atoms with Crippen molar-refractivity contribution >= 4 is 34.9 Å². The maximum Gasteiger partial charge on any atom is 0.233 e. The minimum Gasteiger partial charge on any atom is -0.338 e. The fourth-order valence-corrected chi connectivity index (χ4v) is 4.20. The molecule has 1 aliphatic heterocycles. The van der Waals surface area contributed by atoms with E-state index in [0.29, 0.717) is 22.4 Å². The van der Waals surface area contributed by atoms with Crippen molar-refractivity contribution in [3.63, 3.8) is 0 Å². The number of aryl methyl sites for hydroxylation is 1. The Labute approximate surface area is 156 Å². The predicted molar refractivity (Wildman–Crippen MR) is 98.2 cm³/mol. The van der Waals surface area contributed by atoms with Crippen LogP contribution in [0.4, 0.5) is 5.88 Å². The molecule has 1 unspecified atom stereocenters. The van der Waals surface area contributed by atoms with Gasteiger partial charge in [0.2, 0.25) is 5.88 Å². The van der Waals surface area contributed by atoms with Gasteiger partial charge in [0.15, 0.2) is 5.78 Å². The number of hydrogen-bond donors (Lipinski definition) is 1. The van der Waals surface area contributed by atoms with Gasteiger partial charge in [0.05, 0.1) is 21.3 Å². The quantitative estimate of drug-likeness (QED) is 0.714. The number of fused-ring (bicyclic) bond motifs is 1. The van der Waals surface area contributed by atoms with Crippen LogP contribution in [0.15, 0.2) is 34.0 Å². The minimum absolute atomic E-state index is 0.0856. The Hall–Kier alpha value is -1.78. The summed E-state index contributed by atoms with van der Waals surface area (Å²) < 4.78 is 5.48. The van der Waals surface area contributed by atoms with Crippen molar-refractivity contribution < 1.29 is 9.32 Å². The third-order valence-electron chi connectivity index (χ3n) is 4.95. The van der Waals surface area contributed by atoms with E-state index in [2.05, 4.69) is 24.3 Å². The van der Waals surface area contributed by atoms with E-state index >= 15 is 0 Å². The molecule has 0 fully saturated rings. The first-order valence-electron chi connectivity index (χ1n) is 8.21. The van der Waals surface area contributed by atoms with Crippen molar-refractivity contribution in [1.82, 2.24) is 5.16 Å². The molecule has 2 aromatic rings. The van der Waals surface area contributed by atoms with E-state index in [-0.39, 0.29) is 17.1 Å². The third kappa shape index (κ3) is 2.68. The summed E-state index contributed by atoms with van der Waals surface area (Å²) in [5, 5.41) is 8.36. The lowest BCUT2D eigenvalue weighted by molar-refractivity contribution is -0.118. The van der Waals surface area contributed by atoms with E-state index in [1.807, 2.05) is 19.1 Å². The number of rotatable bonds is 1. The van der Waals surface area contributed by atoms with Crippen molar-refractivity contribution in [1.29, 1.82) is 0 Å². The fourth-order valence-electron chi connectivity index (χ4n) is 3.89. The topological polar surface area (TPSA) is 55.1 Å². The normalized spacial score (nSPS) is 21.6. The third-order valence-corrected chi connectivity index (χ3v) is 5.69. The molecule has 1 aromatic heterocycles. The molecule has 1 aliphatic carbocycles. The van der Waals surface area contributed by atoms with Gasteiger partial charge in [-0.2, -0.15) is 0 Å². The Morgan fingerprint density at radius 2 is 2.00 bits per heavy atom. The number of nitrogens with one attached hydrogen (secondary N) is 1. The van der Waals surface area contributed by atoms with Gasteiger partial charge in [0.25, 0.3) is 0 Å². The maximum absolute atomic E-state index is 13.0. The summed E-state index contributed by atoms with van der Waals surface area (Å²) >= 11 is 12.3. The van der Waals surface area contributed by atoms with Crippen molar-refractivity contribution in [3.05, 3.63) is 56.3 Å². The highest BCUT2D eigenvalue weighted by Crippen LogP contribution is 2.50. The largest absolute Gasteiger partial charge is 0.338 e. The first kappa shape index (κ1) is 16.7. The van der Waals surface area contributed by atoms with Crippen LogP contribution in [0.25, 0.3) is 0 Å². The molecular formula is C19H18Cl2N2O2. The number of halogens is 2. The zero-order valence-electron chi connectivity index (χ0n) is 14.2. The maximum atomic E-state index is 13.0. The predicted octanol–water partition coefficient (Wildman–Crippen LogP) is 5.49. The fraction of sp³-hybridized carbons (Fsp3) is 0.368. The summed E-state index contributed by atoms with van der Waals surface area (Å²) in [5.74, 6) is 0.523. The summed E-state index contributed by atoms with van der Waals surface area (Å²) in [5.41, 5.74) is 4.20. The Morgan fingerprint density at radius 1 is 1.24 bits per heavy atom. The van der Waals surface area contributed by atoms with Crippen molar-refractivity contribution in [2.45, 2.75) is 39.5 Å². The Morgan fingerprint density at radius 3 is 2.72 bits per heavy atom. The molecule has 0 spiro atoms. The molecule has 2 aliphatic rings. The highest BCUT2D eigenvalue weighted by atomic mass is 35.5. The lowest BCUT2D eigenvalue weighted by Gasteiger charge is -2.37. The number of carbonyl (C=O) groups excluding carboxylic acids is 1. The minimum atomic E-state index is -0.240. The number of carbonyl (C=O) groups is 1. The molecule has 6 heteroatoms. The molecule has 1 N–H and O–H groups in total. The summed E-state index contributed by atoms with van der Waals surface area (Å²) in [6, 6.07) is 5.51. The zero-order valence-corrected chi connectivity index (χ0v) is 15.8. The van der Waals surface area contributed by atoms with Crippen LogP contribution in [0, 0.1) is 12.3 Å². The average molecular weight is 377 g/mol. The molecule has 1 atom stereocenters. The molecular weight excluding hydrogens is 359 g/mol. The number of allylic oxidation sites excluding steroid dienone is 2. The number of Topliss-reactive ketones (excluding diaryl/α,β-unsaturated/α-hetero) is 1. The van der Waals surface area contributed by atoms with Crippen LogP contribution >= 0.6 is 23.2 Å². The Balaban J connectivity index is 1.94. The molecule has 0 saturated carbocycles. The second-order valence-electron chi connectivity index (χ2n) is 7.58. The zero-order chi connectivity index (χ0) is 17.9. The highest BCUT2D eigenvalue weighted by Gasteiger charge is 2.42. The summed E-state index contributed by atoms with van der Waals surface area (Å²) in [6.45, 7) is 6.09. The lowest BCUT2D eigenvalue weighted by Crippen LogP contribution is -2.33. The Bertz CT molecular complexity index is 928. The van der Waals surface area contributed by atoms with E-state index < -0.39 is 0 Å². The van der Waals surface area contributed by atoms with Gasteiger partial charge >= 0.3 is 0 Å². The number of nitrogens with zero attached hydrogens (tertiary/aromatic N) is 1. The Kier molecular flexibility index (Phi) is 3.74. The van der Waals surface area contributed by atoms with Gasteiger partial charge in [-0.1, -0.05) is 48.3 Å². The van der Waals surface area contributed by atoms with Crippen LogP contribution in [-0.2, 0) is 4.79 Å². The van der Waals surface area contributed by atoms with Crippen LogP contribution in [0.5, 0.6) is 0 Å². The van der Waals surface area contributed by atoms with Gasteiger partial charge in [-0.15, -0.1) is 0 Å². The van der Waals surface area contributed by atoms with E-state index in [9.17, 15) is 4.79 Å². The van der Waals surface area contributed by atoms with Crippen LogP contribution in [0.1, 0.15) is 49.4 Å². The number of aromatic nitrogens is 1. The molecule has 130 valence electrons.